The lowest BCUT2D eigenvalue weighted by atomic mass is 10.1. The fourth-order valence-corrected chi connectivity index (χ4v) is 5.33. The van der Waals surface area contributed by atoms with Gasteiger partial charge in [-0.3, -0.25) is 4.79 Å². The smallest absolute Gasteiger partial charge is 0.291 e. The summed E-state index contributed by atoms with van der Waals surface area (Å²) < 4.78 is 30.8. The fourth-order valence-electron chi connectivity index (χ4n) is 4.06. The normalized spacial score (nSPS) is 13.0. The standard InChI is InChI=1S/C26H22N2O4S/c29-26(25-15-14-20(32-25)18-33(30,31)21-9-2-1-3-10-21)27-22-11-5-7-13-24(22)28-17-16-19-8-4-6-12-23(19)28/h1-15H,16-18H2,(H,27,29). The first-order valence-corrected chi connectivity index (χ1v) is 12.3. The highest BCUT2D eigenvalue weighted by molar-refractivity contribution is 7.90. The summed E-state index contributed by atoms with van der Waals surface area (Å²) in [4.78, 5) is 15.3. The van der Waals surface area contributed by atoms with Crippen molar-refractivity contribution < 1.29 is 17.6 Å². The molecule has 0 saturated carbocycles. The lowest BCUT2D eigenvalue weighted by Gasteiger charge is -2.22. The van der Waals surface area contributed by atoms with Crippen LogP contribution in [-0.2, 0) is 22.0 Å². The first kappa shape index (κ1) is 21.0. The van der Waals surface area contributed by atoms with Crippen LogP contribution < -0.4 is 10.2 Å². The van der Waals surface area contributed by atoms with E-state index in [1.165, 1.54) is 17.7 Å². The average Bonchev–Trinajstić information content (AvgIpc) is 3.47. The highest BCUT2D eigenvalue weighted by Gasteiger charge is 2.23. The van der Waals surface area contributed by atoms with Gasteiger partial charge in [0, 0.05) is 12.2 Å². The Morgan fingerprint density at radius 2 is 1.55 bits per heavy atom. The number of hydrogen-bond donors (Lipinski definition) is 1. The van der Waals surface area contributed by atoms with E-state index in [2.05, 4.69) is 22.3 Å². The molecule has 2 heterocycles. The van der Waals surface area contributed by atoms with Gasteiger partial charge in [-0.05, 0) is 54.4 Å². The van der Waals surface area contributed by atoms with Gasteiger partial charge in [0.15, 0.2) is 15.6 Å². The van der Waals surface area contributed by atoms with Crippen LogP contribution in [0.5, 0.6) is 0 Å². The van der Waals surface area contributed by atoms with Crippen molar-refractivity contribution in [1.29, 1.82) is 0 Å². The number of benzene rings is 3. The highest BCUT2D eigenvalue weighted by atomic mass is 32.2. The zero-order valence-electron chi connectivity index (χ0n) is 17.8. The zero-order chi connectivity index (χ0) is 22.8. The van der Waals surface area contributed by atoms with Gasteiger partial charge in [-0.2, -0.15) is 0 Å². The first-order valence-electron chi connectivity index (χ1n) is 10.6. The Labute approximate surface area is 192 Å². The quantitative estimate of drug-likeness (QED) is 0.430. The molecule has 1 amide bonds. The van der Waals surface area contributed by atoms with Gasteiger partial charge in [0.25, 0.3) is 5.91 Å². The Morgan fingerprint density at radius 1 is 0.848 bits per heavy atom. The molecule has 1 N–H and O–H groups in total. The molecule has 1 aliphatic heterocycles. The third-order valence-electron chi connectivity index (χ3n) is 5.65. The maximum atomic E-state index is 12.9. The Bertz CT molecular complexity index is 1410. The molecule has 166 valence electrons. The number of nitrogens with one attached hydrogen (secondary N) is 1. The van der Waals surface area contributed by atoms with Crippen molar-refractivity contribution in [1.82, 2.24) is 0 Å². The van der Waals surface area contributed by atoms with E-state index in [0.717, 1.165) is 24.3 Å². The largest absolute Gasteiger partial charge is 0.455 e. The number of rotatable bonds is 6. The second-order valence-corrected chi connectivity index (χ2v) is 9.83. The number of sulfone groups is 1. The van der Waals surface area contributed by atoms with Crippen LogP contribution in [-0.4, -0.2) is 20.9 Å². The zero-order valence-corrected chi connectivity index (χ0v) is 18.6. The SMILES string of the molecule is O=C(Nc1ccccc1N1CCc2ccccc21)c1ccc(CS(=O)(=O)c2ccccc2)o1. The van der Waals surface area contributed by atoms with Gasteiger partial charge in [0.1, 0.15) is 11.5 Å². The summed E-state index contributed by atoms with van der Waals surface area (Å²) >= 11 is 0. The molecule has 1 aliphatic rings. The van der Waals surface area contributed by atoms with Crippen LogP contribution in [0.15, 0.2) is 100 Å². The maximum Gasteiger partial charge on any atom is 0.291 e. The number of fused-ring (bicyclic) bond motifs is 1. The molecule has 0 aliphatic carbocycles. The lowest BCUT2D eigenvalue weighted by molar-refractivity contribution is 0.0995. The van der Waals surface area contributed by atoms with Gasteiger partial charge in [0.05, 0.1) is 16.3 Å². The average molecular weight is 459 g/mol. The van der Waals surface area contributed by atoms with E-state index in [4.69, 9.17) is 4.42 Å². The van der Waals surface area contributed by atoms with Crippen molar-refractivity contribution in [2.75, 3.05) is 16.8 Å². The molecule has 1 aromatic heterocycles. The molecular weight excluding hydrogens is 436 g/mol. The van der Waals surface area contributed by atoms with Crippen molar-refractivity contribution in [3.8, 4) is 0 Å². The third kappa shape index (κ3) is 4.27. The van der Waals surface area contributed by atoms with Crippen molar-refractivity contribution in [2.24, 2.45) is 0 Å². The highest BCUT2D eigenvalue weighted by Crippen LogP contribution is 2.38. The monoisotopic (exact) mass is 458 g/mol. The maximum absolute atomic E-state index is 12.9. The Hall–Kier alpha value is -3.84. The van der Waals surface area contributed by atoms with Crippen LogP contribution in [0.3, 0.4) is 0 Å². The number of hydrogen-bond acceptors (Lipinski definition) is 5. The van der Waals surface area contributed by atoms with E-state index in [1.54, 1.807) is 30.3 Å². The summed E-state index contributed by atoms with van der Waals surface area (Å²) in [7, 11) is -3.56. The van der Waals surface area contributed by atoms with Crippen LogP contribution in [0.2, 0.25) is 0 Å². The molecule has 0 spiro atoms. The second-order valence-electron chi connectivity index (χ2n) is 7.84. The lowest BCUT2D eigenvalue weighted by Crippen LogP contribution is -2.18. The molecule has 0 saturated heterocycles. The van der Waals surface area contributed by atoms with Crippen LogP contribution in [0, 0.1) is 0 Å². The molecule has 0 fully saturated rings. The van der Waals surface area contributed by atoms with Gasteiger partial charge in [0.2, 0.25) is 0 Å². The molecule has 33 heavy (non-hydrogen) atoms. The van der Waals surface area contributed by atoms with Gasteiger partial charge in [-0.1, -0.05) is 48.5 Å². The molecule has 4 aromatic rings. The summed E-state index contributed by atoms with van der Waals surface area (Å²) in [6.07, 6.45) is 0.940. The first-order chi connectivity index (χ1) is 16.0. The number of nitrogens with zero attached hydrogens (tertiary/aromatic N) is 1. The predicted molar refractivity (Wildman–Crippen MR) is 128 cm³/mol. The van der Waals surface area contributed by atoms with E-state index in [0.29, 0.717) is 5.69 Å². The van der Waals surface area contributed by atoms with Crippen LogP contribution >= 0.6 is 0 Å². The summed E-state index contributed by atoms with van der Waals surface area (Å²) in [5.41, 5.74) is 3.96. The second kappa shape index (κ2) is 8.60. The Morgan fingerprint density at radius 3 is 2.36 bits per heavy atom. The van der Waals surface area contributed by atoms with Crippen molar-refractivity contribution >= 4 is 32.8 Å². The summed E-state index contributed by atoms with van der Waals surface area (Å²) in [5, 5.41) is 2.92. The molecule has 0 bridgehead atoms. The molecule has 0 unspecified atom stereocenters. The molecule has 0 atom stereocenters. The minimum Gasteiger partial charge on any atom is -0.455 e. The van der Waals surface area contributed by atoms with Gasteiger partial charge < -0.3 is 14.6 Å². The molecule has 7 heteroatoms. The number of carbonyl (C=O) groups excluding carboxylic acids is 1. The van der Waals surface area contributed by atoms with Crippen molar-refractivity contribution in [3.63, 3.8) is 0 Å². The van der Waals surface area contributed by atoms with E-state index in [-0.39, 0.29) is 22.2 Å². The molecular formula is C26H22N2O4S. The van der Waals surface area contributed by atoms with Crippen molar-refractivity contribution in [3.05, 3.63) is 108 Å². The molecule has 0 radical (unpaired) electrons. The Balaban J connectivity index is 1.34. The van der Waals surface area contributed by atoms with Crippen LogP contribution in [0.25, 0.3) is 0 Å². The number of amides is 1. The predicted octanol–water partition coefficient (Wildman–Crippen LogP) is 5.20. The summed E-state index contributed by atoms with van der Waals surface area (Å²) in [5.74, 6) is -0.472. The number of anilines is 3. The van der Waals surface area contributed by atoms with Crippen LogP contribution in [0.1, 0.15) is 21.9 Å². The molecule has 6 nitrogen and oxygen atoms in total. The minimum absolute atomic E-state index is 0.0601. The van der Waals surface area contributed by atoms with Crippen LogP contribution in [0.4, 0.5) is 17.1 Å². The topological polar surface area (TPSA) is 79.6 Å². The van der Waals surface area contributed by atoms with E-state index in [1.807, 2.05) is 36.4 Å². The minimum atomic E-state index is -3.56. The number of furan rings is 1. The van der Waals surface area contributed by atoms with E-state index in [9.17, 15) is 13.2 Å². The third-order valence-corrected chi connectivity index (χ3v) is 7.31. The number of para-hydroxylation sites is 3. The summed E-state index contributed by atoms with van der Waals surface area (Å²) in [6, 6.07) is 27.0. The van der Waals surface area contributed by atoms with Gasteiger partial charge in [-0.15, -0.1) is 0 Å². The Kier molecular flexibility index (Phi) is 5.48. The molecule has 5 rings (SSSR count). The van der Waals surface area contributed by atoms with Gasteiger partial charge in [-0.25, -0.2) is 8.42 Å². The summed E-state index contributed by atoms with van der Waals surface area (Å²) in [6.45, 7) is 0.828. The number of carbonyl (C=O) groups is 1. The van der Waals surface area contributed by atoms with E-state index < -0.39 is 15.7 Å². The molecule has 3 aromatic carbocycles. The van der Waals surface area contributed by atoms with Crippen molar-refractivity contribution in [2.45, 2.75) is 17.1 Å². The fraction of sp³-hybridized carbons (Fsp3) is 0.115. The van der Waals surface area contributed by atoms with E-state index >= 15 is 0 Å². The van der Waals surface area contributed by atoms with Gasteiger partial charge >= 0.3 is 0 Å².